The van der Waals surface area contributed by atoms with Gasteiger partial charge in [-0.2, -0.15) is 9.36 Å². The van der Waals surface area contributed by atoms with E-state index in [1.807, 2.05) is 104 Å². The minimum absolute atomic E-state index is 0.318. The van der Waals surface area contributed by atoms with E-state index < -0.39 is 17.9 Å². The van der Waals surface area contributed by atoms with Gasteiger partial charge in [0, 0.05) is 22.5 Å². The highest BCUT2D eigenvalue weighted by Crippen LogP contribution is 2.42. The third-order valence-electron chi connectivity index (χ3n) is 10.9. The molecule has 0 spiro atoms. The highest BCUT2D eigenvalue weighted by molar-refractivity contribution is 6.01. The number of allylic oxidation sites excluding steroid dienone is 3. The van der Waals surface area contributed by atoms with Crippen LogP contribution in [0.2, 0.25) is 0 Å². The standard InChI is InChI=1S/C23H19N7O2.C23H17N7O/c1-14-19(22(32)26-25-21(31)16-9-3-2-4-10-16)20(30-23(24-14)27-28-29-30)18-13-7-11-15-8-5-6-12-17(15)18;1-14-19(22-26-25-21(31-22)16-9-3-2-4-10-16)20(30-23(24-14)27-28-29-30)18-13-7-11-15-8-5-6-12-17(15)18/h2-13,20H,1H3,(H,25,31)(H,26,32)(H,24,27,29);2-13,20H,1H3,(H,24,27,29). The zero-order valence-corrected chi connectivity index (χ0v) is 33.7. The van der Waals surface area contributed by atoms with Gasteiger partial charge >= 0.3 is 0 Å². The van der Waals surface area contributed by atoms with Gasteiger partial charge in [-0.25, -0.2) is 0 Å². The second-order valence-electron chi connectivity index (χ2n) is 14.7. The van der Waals surface area contributed by atoms with Crippen LogP contribution in [0.4, 0.5) is 11.9 Å². The summed E-state index contributed by atoms with van der Waals surface area (Å²) < 4.78 is 9.47. The number of carbonyl (C=O) groups is 2. The fourth-order valence-corrected chi connectivity index (χ4v) is 8.02. The van der Waals surface area contributed by atoms with Gasteiger partial charge in [-0.05, 0) is 91.6 Å². The smallest absolute Gasteiger partial charge is 0.269 e. The maximum absolute atomic E-state index is 13.3. The first-order valence-electron chi connectivity index (χ1n) is 19.9. The number of anilines is 2. The molecule has 2 aliphatic rings. The third kappa shape index (κ3) is 7.18. The lowest BCUT2D eigenvalue weighted by Crippen LogP contribution is -2.45. The zero-order valence-electron chi connectivity index (χ0n) is 33.7. The zero-order chi connectivity index (χ0) is 42.9. The Morgan fingerprint density at radius 2 is 1.05 bits per heavy atom. The summed E-state index contributed by atoms with van der Waals surface area (Å²) in [5.41, 5.74) is 10.9. The largest absolute Gasteiger partial charge is 0.416 e. The number of hydrogen-bond acceptors (Lipinski definition) is 13. The number of fused-ring (bicyclic) bond motifs is 4. The van der Waals surface area contributed by atoms with E-state index >= 15 is 0 Å². The second kappa shape index (κ2) is 16.3. The lowest BCUT2D eigenvalue weighted by molar-refractivity contribution is -0.118. The van der Waals surface area contributed by atoms with E-state index in [9.17, 15) is 9.59 Å². The van der Waals surface area contributed by atoms with Gasteiger partial charge in [0.1, 0.15) is 12.1 Å². The summed E-state index contributed by atoms with van der Waals surface area (Å²) in [7, 11) is 0. The average Bonchev–Trinajstić information content (AvgIpc) is 4.12. The van der Waals surface area contributed by atoms with Crippen molar-refractivity contribution in [1.82, 2.24) is 61.5 Å². The molecule has 308 valence electrons. The summed E-state index contributed by atoms with van der Waals surface area (Å²) in [5, 5.41) is 43.5. The molecule has 6 aromatic carbocycles. The number of rotatable bonds is 6. The van der Waals surface area contributed by atoms with Crippen LogP contribution in [0.15, 0.2) is 167 Å². The molecule has 17 nitrogen and oxygen atoms in total. The van der Waals surface area contributed by atoms with Crippen molar-refractivity contribution in [3.05, 3.63) is 185 Å². The Bertz CT molecular complexity index is 3220. The molecule has 5 heterocycles. The van der Waals surface area contributed by atoms with Crippen LogP contribution >= 0.6 is 0 Å². The van der Waals surface area contributed by atoms with E-state index in [-0.39, 0.29) is 6.04 Å². The third-order valence-corrected chi connectivity index (χ3v) is 10.9. The molecule has 0 radical (unpaired) electrons. The number of carbonyl (C=O) groups excluding carboxylic acids is 2. The lowest BCUT2D eigenvalue weighted by Gasteiger charge is -2.28. The molecule has 0 bridgehead atoms. The quantitative estimate of drug-likeness (QED) is 0.126. The van der Waals surface area contributed by atoms with Gasteiger partial charge in [0.25, 0.3) is 11.8 Å². The molecular weight excluding hydrogens is 797 g/mol. The molecule has 2 amide bonds. The van der Waals surface area contributed by atoms with Gasteiger partial charge in [-0.15, -0.1) is 10.2 Å². The summed E-state index contributed by atoms with van der Waals surface area (Å²) in [6.07, 6.45) is 0. The molecule has 0 saturated heterocycles. The normalized spacial score (nSPS) is 15.4. The van der Waals surface area contributed by atoms with Crippen molar-refractivity contribution in [3.8, 4) is 11.5 Å². The molecule has 2 aliphatic heterocycles. The fraction of sp³-hybridized carbons (Fsp3) is 0.0870. The number of amides is 2. The fourth-order valence-electron chi connectivity index (χ4n) is 8.02. The van der Waals surface area contributed by atoms with Gasteiger partial charge in [-0.1, -0.05) is 132 Å². The monoisotopic (exact) mass is 832 g/mol. The number of nitrogens with zero attached hydrogens (tertiary/aromatic N) is 10. The molecule has 0 saturated carbocycles. The Hall–Kier alpha value is -8.86. The SMILES string of the molecule is CC1=C(C(=O)NNC(=O)c2ccccc2)C(c2cccc3ccccc23)n2nnnc2N1.CC1=C(c2nnc(-c3ccccc3)o2)C(c2cccc3ccccc23)n2nnnc2N1. The first-order chi connectivity index (χ1) is 30.9. The molecule has 2 atom stereocenters. The minimum Gasteiger partial charge on any atom is -0.416 e. The lowest BCUT2D eigenvalue weighted by atomic mass is 9.91. The van der Waals surface area contributed by atoms with Crippen molar-refractivity contribution < 1.29 is 14.0 Å². The van der Waals surface area contributed by atoms with E-state index in [2.05, 4.69) is 87.0 Å². The van der Waals surface area contributed by atoms with Crippen LogP contribution in [0.5, 0.6) is 0 Å². The molecular formula is C46H36N14O3. The molecule has 4 N–H and O–H groups in total. The second-order valence-corrected chi connectivity index (χ2v) is 14.7. The van der Waals surface area contributed by atoms with Crippen molar-refractivity contribution in [2.24, 2.45) is 0 Å². The van der Waals surface area contributed by atoms with Gasteiger partial charge < -0.3 is 15.1 Å². The Morgan fingerprint density at radius 3 is 1.70 bits per heavy atom. The summed E-state index contributed by atoms with van der Waals surface area (Å²) in [6.45, 7) is 3.75. The highest BCUT2D eigenvalue weighted by atomic mass is 16.4. The van der Waals surface area contributed by atoms with Crippen molar-refractivity contribution in [3.63, 3.8) is 0 Å². The van der Waals surface area contributed by atoms with Gasteiger partial charge in [0.2, 0.25) is 23.7 Å². The molecule has 0 aliphatic carbocycles. The average molecular weight is 833 g/mol. The molecule has 11 rings (SSSR count). The van der Waals surface area contributed by atoms with Crippen molar-refractivity contribution in [1.29, 1.82) is 0 Å². The van der Waals surface area contributed by atoms with Crippen molar-refractivity contribution in [2.45, 2.75) is 25.9 Å². The molecule has 2 unspecified atom stereocenters. The van der Waals surface area contributed by atoms with E-state index in [4.69, 9.17) is 4.42 Å². The van der Waals surface area contributed by atoms with Crippen LogP contribution in [0.3, 0.4) is 0 Å². The van der Waals surface area contributed by atoms with Crippen LogP contribution in [-0.4, -0.2) is 62.4 Å². The van der Waals surface area contributed by atoms with Crippen LogP contribution < -0.4 is 21.5 Å². The number of benzene rings is 6. The predicted octanol–water partition coefficient (Wildman–Crippen LogP) is 6.90. The van der Waals surface area contributed by atoms with Crippen LogP contribution in [0.25, 0.3) is 38.6 Å². The summed E-state index contributed by atoms with van der Waals surface area (Å²) in [6, 6.07) is 45.8. The first-order valence-corrected chi connectivity index (χ1v) is 19.9. The summed E-state index contributed by atoms with van der Waals surface area (Å²) in [5.74, 6) is 1.04. The Labute approximate surface area is 358 Å². The minimum atomic E-state index is -0.582. The Morgan fingerprint density at radius 1 is 0.540 bits per heavy atom. The highest BCUT2D eigenvalue weighted by Gasteiger charge is 2.36. The van der Waals surface area contributed by atoms with Crippen LogP contribution in [0, 0.1) is 0 Å². The molecule has 3 aromatic heterocycles. The molecule has 63 heavy (non-hydrogen) atoms. The Balaban J connectivity index is 0.000000150. The molecule has 17 heteroatoms. The number of tetrazole rings is 2. The van der Waals surface area contributed by atoms with E-state index in [0.29, 0.717) is 40.5 Å². The Kier molecular flexibility index (Phi) is 9.92. The first kappa shape index (κ1) is 38.3. The topological polar surface area (TPSA) is 208 Å². The van der Waals surface area contributed by atoms with Crippen LogP contribution in [-0.2, 0) is 4.79 Å². The number of aromatic nitrogens is 10. The van der Waals surface area contributed by atoms with E-state index in [1.54, 1.807) is 40.6 Å². The maximum Gasteiger partial charge on any atom is 0.269 e. The molecule has 9 aromatic rings. The maximum atomic E-state index is 13.3. The summed E-state index contributed by atoms with van der Waals surface area (Å²) in [4.78, 5) is 25.7. The van der Waals surface area contributed by atoms with Gasteiger partial charge in [0.05, 0.1) is 11.1 Å². The number of hydrogen-bond donors (Lipinski definition) is 4. The van der Waals surface area contributed by atoms with Crippen molar-refractivity contribution >= 4 is 50.8 Å². The van der Waals surface area contributed by atoms with E-state index in [1.165, 1.54) is 0 Å². The number of hydrazine groups is 1. The van der Waals surface area contributed by atoms with Crippen molar-refractivity contribution in [2.75, 3.05) is 10.6 Å². The predicted molar refractivity (Wildman–Crippen MR) is 234 cm³/mol. The van der Waals surface area contributed by atoms with E-state index in [0.717, 1.165) is 49.5 Å². The van der Waals surface area contributed by atoms with Gasteiger partial charge in [0.15, 0.2) is 0 Å². The summed E-state index contributed by atoms with van der Waals surface area (Å²) >= 11 is 0. The van der Waals surface area contributed by atoms with Crippen LogP contribution in [0.1, 0.15) is 53.3 Å². The van der Waals surface area contributed by atoms with Gasteiger partial charge in [-0.3, -0.25) is 20.4 Å². The number of nitrogens with one attached hydrogen (secondary N) is 4. The molecule has 0 fully saturated rings.